The van der Waals surface area contributed by atoms with E-state index < -0.39 is 10.0 Å². The molecular formula is C24H23N3O3S. The second-order valence-electron chi connectivity index (χ2n) is 7.41. The number of aryl methyl sites for hydroxylation is 1. The highest BCUT2D eigenvalue weighted by Gasteiger charge is 2.21. The molecule has 1 heterocycles. The lowest BCUT2D eigenvalue weighted by atomic mass is 9.98. The average Bonchev–Trinajstić information content (AvgIpc) is 3.12. The Bertz CT molecular complexity index is 1290. The van der Waals surface area contributed by atoms with Crippen LogP contribution in [0.15, 0.2) is 83.8 Å². The maximum atomic E-state index is 11.6. The number of nitrogens with two attached hydrogens (primary N) is 1. The molecule has 158 valence electrons. The van der Waals surface area contributed by atoms with Crippen molar-refractivity contribution in [2.24, 2.45) is 5.14 Å². The molecule has 0 bridgehead atoms. The molecule has 0 fully saturated rings. The van der Waals surface area contributed by atoms with Crippen molar-refractivity contribution in [1.82, 2.24) is 9.78 Å². The SMILES string of the molecule is Cc1ccc(-c2c(-c3ccc(S(N)(=O)=O)cc3)nn(Cc3ccccc3)c2CO)cc1. The number of rotatable bonds is 6. The van der Waals surface area contributed by atoms with Gasteiger partial charge in [-0.1, -0.05) is 72.3 Å². The van der Waals surface area contributed by atoms with E-state index in [9.17, 15) is 13.5 Å². The Morgan fingerprint density at radius 3 is 2.10 bits per heavy atom. The summed E-state index contributed by atoms with van der Waals surface area (Å²) >= 11 is 0. The standard InChI is InChI=1S/C24H23N3O3S/c1-17-7-9-19(10-8-17)23-22(16-28)27(15-18-5-3-2-4-6-18)26-24(23)20-11-13-21(14-12-20)31(25,29)30/h2-14,28H,15-16H2,1H3,(H2,25,29,30). The van der Waals surface area contributed by atoms with Crippen LogP contribution in [0.2, 0.25) is 0 Å². The van der Waals surface area contributed by atoms with Gasteiger partial charge in [0.05, 0.1) is 23.7 Å². The van der Waals surface area contributed by atoms with Crippen LogP contribution < -0.4 is 5.14 Å². The van der Waals surface area contributed by atoms with Crippen LogP contribution in [0.5, 0.6) is 0 Å². The van der Waals surface area contributed by atoms with Crippen LogP contribution in [-0.4, -0.2) is 23.3 Å². The third-order valence-electron chi connectivity index (χ3n) is 5.18. The lowest BCUT2D eigenvalue weighted by Crippen LogP contribution is -2.11. The first kappa shape index (κ1) is 21.0. The van der Waals surface area contributed by atoms with E-state index in [1.54, 1.807) is 16.8 Å². The van der Waals surface area contributed by atoms with Gasteiger partial charge in [-0.2, -0.15) is 5.10 Å². The number of hydrogen-bond donors (Lipinski definition) is 2. The minimum absolute atomic E-state index is 0.0410. The zero-order valence-electron chi connectivity index (χ0n) is 17.1. The van der Waals surface area contributed by atoms with Crippen LogP contribution in [0, 0.1) is 6.92 Å². The first-order chi connectivity index (χ1) is 14.9. The Hall–Kier alpha value is -3.26. The summed E-state index contributed by atoms with van der Waals surface area (Å²) in [5.41, 5.74) is 6.05. The van der Waals surface area contributed by atoms with Crippen LogP contribution in [0.3, 0.4) is 0 Å². The van der Waals surface area contributed by atoms with Crippen molar-refractivity contribution in [3.63, 3.8) is 0 Å². The van der Waals surface area contributed by atoms with Crippen molar-refractivity contribution in [2.75, 3.05) is 0 Å². The van der Waals surface area contributed by atoms with Gasteiger partial charge >= 0.3 is 0 Å². The molecule has 0 amide bonds. The Morgan fingerprint density at radius 1 is 0.903 bits per heavy atom. The molecular weight excluding hydrogens is 410 g/mol. The molecule has 7 heteroatoms. The highest BCUT2D eigenvalue weighted by atomic mass is 32.2. The molecule has 3 aromatic carbocycles. The number of aromatic nitrogens is 2. The molecule has 0 atom stereocenters. The van der Waals surface area contributed by atoms with E-state index in [1.807, 2.05) is 61.5 Å². The molecule has 0 aliphatic heterocycles. The van der Waals surface area contributed by atoms with Gasteiger partial charge in [0, 0.05) is 11.1 Å². The molecule has 6 nitrogen and oxygen atoms in total. The molecule has 4 rings (SSSR count). The summed E-state index contributed by atoms with van der Waals surface area (Å²) in [6.45, 7) is 2.34. The van der Waals surface area contributed by atoms with Crippen LogP contribution in [0.25, 0.3) is 22.4 Å². The van der Waals surface area contributed by atoms with Crippen molar-refractivity contribution < 1.29 is 13.5 Å². The summed E-state index contributed by atoms with van der Waals surface area (Å²) in [4.78, 5) is 0.0410. The summed E-state index contributed by atoms with van der Waals surface area (Å²) in [6, 6.07) is 24.2. The Balaban J connectivity index is 1.89. The topological polar surface area (TPSA) is 98.2 Å². The lowest BCUT2D eigenvalue weighted by Gasteiger charge is -2.09. The van der Waals surface area contributed by atoms with Crippen molar-refractivity contribution in [1.29, 1.82) is 0 Å². The van der Waals surface area contributed by atoms with E-state index in [0.717, 1.165) is 27.8 Å². The first-order valence-corrected chi connectivity index (χ1v) is 11.4. The molecule has 0 saturated heterocycles. The second kappa shape index (κ2) is 8.47. The van der Waals surface area contributed by atoms with Crippen molar-refractivity contribution >= 4 is 10.0 Å². The molecule has 31 heavy (non-hydrogen) atoms. The van der Waals surface area contributed by atoms with Crippen molar-refractivity contribution in [2.45, 2.75) is 25.0 Å². The van der Waals surface area contributed by atoms with E-state index >= 15 is 0 Å². The largest absolute Gasteiger partial charge is 0.390 e. The van der Waals surface area contributed by atoms with Gasteiger partial charge in [-0.25, -0.2) is 13.6 Å². The summed E-state index contributed by atoms with van der Waals surface area (Å²) < 4.78 is 25.1. The van der Waals surface area contributed by atoms with Crippen LogP contribution >= 0.6 is 0 Å². The van der Waals surface area contributed by atoms with Gasteiger partial charge in [0.2, 0.25) is 10.0 Å². The zero-order chi connectivity index (χ0) is 22.0. The maximum absolute atomic E-state index is 11.6. The summed E-state index contributed by atoms with van der Waals surface area (Å²) in [5.74, 6) is 0. The number of aliphatic hydroxyl groups excluding tert-OH is 1. The fourth-order valence-corrected chi connectivity index (χ4v) is 4.09. The molecule has 0 aliphatic rings. The van der Waals surface area contributed by atoms with Crippen LogP contribution in [0.4, 0.5) is 0 Å². The van der Waals surface area contributed by atoms with E-state index in [-0.39, 0.29) is 11.5 Å². The van der Waals surface area contributed by atoms with Gasteiger partial charge in [-0.05, 0) is 30.2 Å². The number of benzene rings is 3. The molecule has 1 aromatic heterocycles. The van der Waals surface area contributed by atoms with E-state index in [4.69, 9.17) is 10.2 Å². The Morgan fingerprint density at radius 2 is 1.52 bits per heavy atom. The molecule has 0 spiro atoms. The predicted molar refractivity (Wildman–Crippen MR) is 121 cm³/mol. The van der Waals surface area contributed by atoms with Gasteiger partial charge in [0.15, 0.2) is 0 Å². The molecule has 0 aliphatic carbocycles. The second-order valence-corrected chi connectivity index (χ2v) is 8.97. The highest BCUT2D eigenvalue weighted by molar-refractivity contribution is 7.89. The quantitative estimate of drug-likeness (QED) is 0.484. The average molecular weight is 434 g/mol. The zero-order valence-corrected chi connectivity index (χ0v) is 17.9. The fourth-order valence-electron chi connectivity index (χ4n) is 3.57. The molecule has 0 saturated carbocycles. The Kier molecular flexibility index (Phi) is 5.73. The van der Waals surface area contributed by atoms with E-state index in [2.05, 4.69) is 0 Å². The van der Waals surface area contributed by atoms with Gasteiger partial charge < -0.3 is 5.11 Å². The number of nitrogens with zero attached hydrogens (tertiary/aromatic N) is 2. The van der Waals surface area contributed by atoms with Crippen LogP contribution in [-0.2, 0) is 23.2 Å². The minimum Gasteiger partial charge on any atom is -0.390 e. The van der Waals surface area contributed by atoms with E-state index in [1.165, 1.54) is 12.1 Å². The van der Waals surface area contributed by atoms with Crippen molar-refractivity contribution in [3.8, 4) is 22.4 Å². The number of aliphatic hydroxyl groups is 1. The van der Waals surface area contributed by atoms with Crippen molar-refractivity contribution in [3.05, 3.63) is 95.7 Å². The summed E-state index contributed by atoms with van der Waals surface area (Å²) in [6.07, 6.45) is 0. The number of primary sulfonamides is 1. The molecule has 0 unspecified atom stereocenters. The monoisotopic (exact) mass is 433 g/mol. The van der Waals surface area contributed by atoms with Crippen LogP contribution in [0.1, 0.15) is 16.8 Å². The normalized spacial score (nSPS) is 11.6. The van der Waals surface area contributed by atoms with Gasteiger partial charge in [0.25, 0.3) is 0 Å². The molecule has 4 aromatic rings. The summed E-state index contributed by atoms with van der Waals surface area (Å²) in [7, 11) is -3.78. The molecule has 0 radical (unpaired) electrons. The smallest absolute Gasteiger partial charge is 0.238 e. The maximum Gasteiger partial charge on any atom is 0.238 e. The third kappa shape index (κ3) is 4.44. The molecule has 3 N–H and O–H groups in total. The minimum atomic E-state index is -3.78. The van der Waals surface area contributed by atoms with Gasteiger partial charge in [-0.15, -0.1) is 0 Å². The van der Waals surface area contributed by atoms with Gasteiger partial charge in [0.1, 0.15) is 5.69 Å². The summed E-state index contributed by atoms with van der Waals surface area (Å²) in [5, 5.41) is 20.3. The first-order valence-electron chi connectivity index (χ1n) is 9.81. The predicted octanol–water partition coefficient (Wildman–Crippen LogP) is 3.71. The highest BCUT2D eigenvalue weighted by Crippen LogP contribution is 2.35. The third-order valence-corrected chi connectivity index (χ3v) is 6.11. The van der Waals surface area contributed by atoms with Gasteiger partial charge in [-0.3, -0.25) is 4.68 Å². The number of hydrogen-bond acceptors (Lipinski definition) is 4. The Labute approximate surface area is 181 Å². The van der Waals surface area contributed by atoms with E-state index in [0.29, 0.717) is 17.9 Å². The number of sulfonamides is 1. The lowest BCUT2D eigenvalue weighted by molar-refractivity contribution is 0.269. The fraction of sp³-hybridized carbons (Fsp3) is 0.125.